The number of anilines is 1. The van der Waals surface area contributed by atoms with Crippen molar-refractivity contribution in [2.24, 2.45) is 0 Å². The Morgan fingerprint density at radius 3 is 1.70 bits per heavy atom. The molecule has 1 fully saturated rings. The first-order chi connectivity index (χ1) is 25.9. The van der Waals surface area contributed by atoms with E-state index in [-0.39, 0.29) is 0 Å². The van der Waals surface area contributed by atoms with Crippen molar-refractivity contribution in [1.29, 1.82) is 0 Å². The zero-order valence-corrected chi connectivity index (χ0v) is 32.5. The number of ether oxygens (including phenoxy) is 6. The van der Waals surface area contributed by atoms with Gasteiger partial charge < -0.3 is 33.3 Å². The lowest BCUT2D eigenvalue weighted by atomic mass is 9.98. The number of pyridine rings is 1. The Morgan fingerprint density at radius 1 is 0.623 bits per heavy atom. The molecule has 1 aliphatic rings. The van der Waals surface area contributed by atoms with Crippen LogP contribution in [0.25, 0.3) is 22.3 Å². The molecular weight excluding hydrogens is 687 g/mol. The highest BCUT2D eigenvalue weighted by Gasteiger charge is 2.26. The Morgan fingerprint density at radius 2 is 1.17 bits per heavy atom. The molecule has 0 atom stereocenters. The summed E-state index contributed by atoms with van der Waals surface area (Å²) in [6.45, 7) is 3.60. The number of rotatable bonds is 15. The van der Waals surface area contributed by atoms with Crippen molar-refractivity contribution in [3.05, 3.63) is 102 Å². The molecule has 278 valence electrons. The minimum absolute atomic E-state index is 0.389. The fraction of sp³-hybridized carbons (Fsp3) is 0.326. The lowest BCUT2D eigenvalue weighted by Crippen LogP contribution is -2.44. The maximum Gasteiger partial charge on any atom is 0.203 e. The Labute approximate surface area is 317 Å². The summed E-state index contributed by atoms with van der Waals surface area (Å²) in [6.07, 6.45) is 8.07. The van der Waals surface area contributed by atoms with Gasteiger partial charge in [0.15, 0.2) is 23.0 Å². The molecule has 0 amide bonds. The second-order valence-corrected chi connectivity index (χ2v) is 13.8. The van der Waals surface area contributed by atoms with Crippen LogP contribution in [0, 0.1) is 0 Å². The summed E-state index contributed by atoms with van der Waals surface area (Å²) in [4.78, 5) is 11.0. The van der Waals surface area contributed by atoms with Gasteiger partial charge in [0.25, 0.3) is 0 Å². The SMILES string of the molecule is COc1cc(-c2cncc(CN3CCC(N(Cc4cccc(-c5cc(OC)c(OC)c(OC)c5)c4)c4ccc(SC)cc4)CC3)c2)cc(OC)c1OC. The largest absolute Gasteiger partial charge is 0.493 e. The second kappa shape index (κ2) is 17.6. The molecule has 1 saturated heterocycles. The highest BCUT2D eigenvalue weighted by molar-refractivity contribution is 7.98. The average molecular weight is 736 g/mol. The van der Waals surface area contributed by atoms with Gasteiger partial charge >= 0.3 is 0 Å². The van der Waals surface area contributed by atoms with Gasteiger partial charge in [0.05, 0.1) is 42.7 Å². The molecule has 4 aromatic carbocycles. The van der Waals surface area contributed by atoms with Crippen molar-refractivity contribution in [2.75, 3.05) is 66.9 Å². The maximum atomic E-state index is 5.65. The van der Waals surface area contributed by atoms with Crippen molar-refractivity contribution in [2.45, 2.75) is 36.9 Å². The molecule has 6 rings (SSSR count). The molecule has 10 heteroatoms. The van der Waals surface area contributed by atoms with Gasteiger partial charge in [-0.15, -0.1) is 11.8 Å². The van der Waals surface area contributed by atoms with Crippen molar-refractivity contribution in [3.63, 3.8) is 0 Å². The summed E-state index contributed by atoms with van der Waals surface area (Å²) in [5.74, 6) is 3.68. The number of benzene rings is 4. The van der Waals surface area contributed by atoms with E-state index in [1.807, 2.05) is 36.7 Å². The molecule has 0 aliphatic carbocycles. The van der Waals surface area contributed by atoms with Gasteiger partial charge in [-0.2, -0.15) is 0 Å². The molecule has 0 saturated carbocycles. The van der Waals surface area contributed by atoms with Crippen molar-refractivity contribution in [1.82, 2.24) is 9.88 Å². The van der Waals surface area contributed by atoms with Gasteiger partial charge in [-0.05, 0) is 108 Å². The van der Waals surface area contributed by atoms with E-state index in [9.17, 15) is 0 Å². The second-order valence-electron chi connectivity index (χ2n) is 12.9. The van der Waals surface area contributed by atoms with E-state index in [4.69, 9.17) is 28.4 Å². The number of aromatic nitrogens is 1. The fourth-order valence-electron chi connectivity index (χ4n) is 7.13. The van der Waals surface area contributed by atoms with Gasteiger partial charge in [0.2, 0.25) is 11.5 Å². The van der Waals surface area contributed by atoms with E-state index in [0.29, 0.717) is 40.5 Å². The van der Waals surface area contributed by atoms with E-state index in [1.54, 1.807) is 54.4 Å². The smallest absolute Gasteiger partial charge is 0.203 e. The number of thioether (sulfide) groups is 1. The first-order valence-corrected chi connectivity index (χ1v) is 18.9. The number of piperidine rings is 1. The fourth-order valence-corrected chi connectivity index (χ4v) is 7.53. The first kappa shape index (κ1) is 37.7. The number of hydrogen-bond acceptors (Lipinski definition) is 10. The molecule has 53 heavy (non-hydrogen) atoms. The third-order valence-corrected chi connectivity index (χ3v) is 10.6. The van der Waals surface area contributed by atoms with E-state index < -0.39 is 0 Å². The monoisotopic (exact) mass is 735 g/mol. The van der Waals surface area contributed by atoms with Crippen LogP contribution in [-0.4, -0.2) is 77.9 Å². The molecule has 0 bridgehead atoms. The predicted molar refractivity (Wildman–Crippen MR) is 214 cm³/mol. The number of methoxy groups -OCH3 is 6. The van der Waals surface area contributed by atoms with Crippen LogP contribution in [0.1, 0.15) is 24.0 Å². The van der Waals surface area contributed by atoms with E-state index >= 15 is 0 Å². The summed E-state index contributed by atoms with van der Waals surface area (Å²) in [6, 6.07) is 28.3. The Kier molecular flexibility index (Phi) is 12.5. The maximum absolute atomic E-state index is 5.65. The standard InChI is InChI=1S/C43H49N3O6S/c1-47-38-21-32(22-39(48-2)42(38)51-5)31-10-8-9-29(19-31)28-46(35-11-13-37(53-7)14-12-35)36-15-17-45(18-16-36)27-30-20-34(26-44-25-30)33-23-40(49-3)43(52-6)41(24-33)50-4/h8-14,19-26,36H,15-18,27-28H2,1-7H3. The lowest BCUT2D eigenvalue weighted by molar-refractivity contribution is 0.200. The number of likely N-dealkylation sites (tertiary alicyclic amines) is 1. The lowest BCUT2D eigenvalue weighted by Gasteiger charge is -2.40. The Hall–Kier alpha value is -5.06. The van der Waals surface area contributed by atoms with Crippen LogP contribution in [0.15, 0.2) is 96.2 Å². The predicted octanol–water partition coefficient (Wildman–Crippen LogP) is 8.86. The van der Waals surface area contributed by atoms with Crippen LogP contribution in [0.4, 0.5) is 5.69 Å². The topological polar surface area (TPSA) is 74.8 Å². The van der Waals surface area contributed by atoms with Gasteiger partial charge in [-0.1, -0.05) is 18.2 Å². The van der Waals surface area contributed by atoms with Gasteiger partial charge in [0.1, 0.15) is 0 Å². The molecular formula is C43H49N3O6S. The minimum atomic E-state index is 0.389. The van der Waals surface area contributed by atoms with Crippen LogP contribution in [0.5, 0.6) is 34.5 Å². The van der Waals surface area contributed by atoms with Crippen LogP contribution in [0.2, 0.25) is 0 Å². The highest BCUT2D eigenvalue weighted by Crippen LogP contribution is 2.43. The minimum Gasteiger partial charge on any atom is -0.493 e. The molecule has 9 nitrogen and oxygen atoms in total. The quantitative estimate of drug-likeness (QED) is 0.0974. The molecule has 0 unspecified atom stereocenters. The van der Waals surface area contributed by atoms with Crippen LogP contribution >= 0.6 is 11.8 Å². The van der Waals surface area contributed by atoms with Crippen LogP contribution < -0.4 is 33.3 Å². The van der Waals surface area contributed by atoms with Crippen LogP contribution in [-0.2, 0) is 13.1 Å². The molecule has 1 aliphatic heterocycles. The zero-order valence-electron chi connectivity index (χ0n) is 31.7. The van der Waals surface area contributed by atoms with Crippen molar-refractivity contribution in [3.8, 4) is 56.8 Å². The highest BCUT2D eigenvalue weighted by atomic mass is 32.2. The van der Waals surface area contributed by atoms with Gasteiger partial charge in [0, 0.05) is 60.8 Å². The number of nitrogens with zero attached hydrogens (tertiary/aromatic N) is 3. The summed E-state index contributed by atoms with van der Waals surface area (Å²) in [5, 5.41) is 0. The number of hydrogen-bond donors (Lipinski definition) is 0. The van der Waals surface area contributed by atoms with E-state index in [1.165, 1.54) is 21.7 Å². The summed E-state index contributed by atoms with van der Waals surface area (Å²) in [5.41, 5.74) is 7.72. The summed E-state index contributed by atoms with van der Waals surface area (Å²) >= 11 is 1.76. The van der Waals surface area contributed by atoms with Gasteiger partial charge in [-0.25, -0.2) is 0 Å². The molecule has 1 aromatic heterocycles. The normalized spacial score (nSPS) is 13.3. The molecule has 0 spiro atoms. The molecule has 5 aromatic rings. The van der Waals surface area contributed by atoms with Crippen LogP contribution in [0.3, 0.4) is 0 Å². The van der Waals surface area contributed by atoms with Gasteiger partial charge in [-0.3, -0.25) is 9.88 Å². The third kappa shape index (κ3) is 8.61. The first-order valence-electron chi connectivity index (χ1n) is 17.7. The Bertz CT molecular complexity index is 1930. The summed E-state index contributed by atoms with van der Waals surface area (Å²) < 4.78 is 33.6. The van der Waals surface area contributed by atoms with Crippen molar-refractivity contribution < 1.29 is 28.4 Å². The summed E-state index contributed by atoms with van der Waals surface area (Å²) in [7, 11) is 9.80. The molecule has 0 radical (unpaired) electrons. The average Bonchev–Trinajstić information content (AvgIpc) is 3.22. The molecule has 0 N–H and O–H groups in total. The Balaban J connectivity index is 1.20. The zero-order chi connectivity index (χ0) is 37.3. The van der Waals surface area contributed by atoms with E-state index in [2.05, 4.69) is 75.6 Å². The van der Waals surface area contributed by atoms with E-state index in [0.717, 1.165) is 61.3 Å². The third-order valence-electron chi connectivity index (χ3n) is 9.88. The molecule has 2 heterocycles. The van der Waals surface area contributed by atoms with Crippen molar-refractivity contribution >= 4 is 17.4 Å².